The first kappa shape index (κ1) is 10.8. The predicted molar refractivity (Wildman–Crippen MR) is 55.8 cm³/mol. The molecule has 2 heteroatoms. The lowest BCUT2D eigenvalue weighted by Gasteiger charge is -2.02. The molecule has 12 heavy (non-hydrogen) atoms. The van der Waals surface area contributed by atoms with E-state index in [1.54, 1.807) is 12.4 Å². The van der Waals surface area contributed by atoms with Crippen LogP contribution in [-0.2, 0) is 0 Å². The van der Waals surface area contributed by atoms with E-state index in [9.17, 15) is 0 Å². The Bertz CT molecular complexity index is 210. The third-order valence-electron chi connectivity index (χ3n) is 1.41. The number of nitrogens with zero attached hydrogens (tertiary/aromatic N) is 2. The van der Waals surface area contributed by atoms with Gasteiger partial charge in [-0.15, -0.1) is 0 Å². The molecule has 0 radical (unpaired) electrons. The molecule has 0 amide bonds. The molecule has 0 aliphatic carbocycles. The molecule has 0 bridgehead atoms. The zero-order valence-corrected chi connectivity index (χ0v) is 7.99. The van der Waals surface area contributed by atoms with Crippen LogP contribution in [0.15, 0.2) is 34.4 Å². The van der Waals surface area contributed by atoms with Crippen molar-refractivity contribution >= 4 is 12.6 Å². The molecule has 0 unspecified atom stereocenters. The lowest BCUT2D eigenvalue weighted by molar-refractivity contribution is 0.789. The van der Waals surface area contributed by atoms with Gasteiger partial charge in [-0.3, -0.25) is 0 Å². The third-order valence-corrected chi connectivity index (χ3v) is 1.41. The summed E-state index contributed by atoms with van der Waals surface area (Å²) in [6.07, 6.45) is 6.81. The summed E-state index contributed by atoms with van der Waals surface area (Å²) >= 11 is 0. The van der Waals surface area contributed by atoms with Gasteiger partial charge >= 0.3 is 0 Å². The van der Waals surface area contributed by atoms with E-state index in [0.29, 0.717) is 5.92 Å². The van der Waals surface area contributed by atoms with Gasteiger partial charge in [-0.05, 0) is 18.4 Å². The van der Waals surface area contributed by atoms with Gasteiger partial charge in [0.2, 0.25) is 0 Å². The van der Waals surface area contributed by atoms with Gasteiger partial charge in [-0.1, -0.05) is 26.5 Å². The molecule has 0 saturated carbocycles. The van der Waals surface area contributed by atoms with Gasteiger partial charge in [0.15, 0.2) is 0 Å². The highest BCUT2D eigenvalue weighted by atomic mass is 14.8. The van der Waals surface area contributed by atoms with Crippen LogP contribution in [0.3, 0.4) is 0 Å². The number of hydrogen-bond acceptors (Lipinski definition) is 1. The fourth-order valence-electron chi connectivity index (χ4n) is 0.662. The average molecular weight is 164 g/mol. The van der Waals surface area contributed by atoms with Crippen LogP contribution in [0.2, 0.25) is 0 Å². The quantitative estimate of drug-likeness (QED) is 0.347. The van der Waals surface area contributed by atoms with E-state index in [0.717, 1.165) is 5.57 Å². The van der Waals surface area contributed by atoms with Crippen LogP contribution in [0.4, 0.5) is 0 Å². The van der Waals surface area contributed by atoms with Crippen molar-refractivity contribution in [2.75, 3.05) is 0 Å². The number of rotatable bonds is 4. The maximum absolute atomic E-state index is 4.00. The molecule has 0 aromatic rings. The summed E-state index contributed by atoms with van der Waals surface area (Å²) in [5.74, 6) is 0.463. The average Bonchev–Trinajstić information content (AvgIpc) is 2.04. The van der Waals surface area contributed by atoms with Crippen LogP contribution in [0.5, 0.6) is 0 Å². The summed E-state index contributed by atoms with van der Waals surface area (Å²) in [6, 6.07) is 0. The van der Waals surface area contributed by atoms with E-state index < -0.39 is 0 Å². The first-order chi connectivity index (χ1) is 5.72. The number of aliphatic imine (C=N–C) groups is 2. The molecule has 0 heterocycles. The summed E-state index contributed by atoms with van der Waals surface area (Å²) in [5.41, 5.74) is 1.12. The van der Waals surface area contributed by atoms with E-state index in [2.05, 4.69) is 30.4 Å². The second-order valence-corrected chi connectivity index (χ2v) is 2.66. The monoisotopic (exact) mass is 164 g/mol. The van der Waals surface area contributed by atoms with Crippen molar-refractivity contribution in [1.29, 1.82) is 0 Å². The standard InChI is InChI=1S/C10H16N2/c1-5-10(9(3)4)7-12-8-11-6-2/h5-9H,1H2,2-4H3/b10-7+,11-6+,12-8-. The molecule has 0 saturated heterocycles. The van der Waals surface area contributed by atoms with Crippen molar-refractivity contribution in [3.05, 3.63) is 24.4 Å². The lowest BCUT2D eigenvalue weighted by Crippen LogP contribution is -1.88. The smallest absolute Gasteiger partial charge is 0.114 e. The molecular weight excluding hydrogens is 148 g/mol. The van der Waals surface area contributed by atoms with Gasteiger partial charge in [0.05, 0.1) is 0 Å². The Kier molecular flexibility index (Phi) is 5.88. The first-order valence-electron chi connectivity index (χ1n) is 4.04. The third kappa shape index (κ3) is 4.61. The second kappa shape index (κ2) is 6.53. The molecule has 0 spiro atoms. The zero-order valence-electron chi connectivity index (χ0n) is 7.99. The minimum Gasteiger partial charge on any atom is -0.250 e. The van der Waals surface area contributed by atoms with Crippen molar-refractivity contribution in [1.82, 2.24) is 0 Å². The number of allylic oxidation sites excluding steroid dienone is 2. The normalized spacial score (nSPS) is 13.5. The zero-order chi connectivity index (χ0) is 9.40. The van der Waals surface area contributed by atoms with E-state index in [-0.39, 0.29) is 0 Å². The van der Waals surface area contributed by atoms with Crippen molar-refractivity contribution < 1.29 is 0 Å². The fraction of sp³-hybridized carbons (Fsp3) is 0.400. The Morgan fingerprint density at radius 2 is 2.00 bits per heavy atom. The van der Waals surface area contributed by atoms with Gasteiger partial charge in [-0.2, -0.15) is 0 Å². The van der Waals surface area contributed by atoms with Crippen LogP contribution >= 0.6 is 0 Å². The van der Waals surface area contributed by atoms with E-state index in [4.69, 9.17) is 0 Å². The second-order valence-electron chi connectivity index (χ2n) is 2.66. The summed E-state index contributed by atoms with van der Waals surface area (Å²) < 4.78 is 0. The van der Waals surface area contributed by atoms with E-state index in [1.165, 1.54) is 6.34 Å². The Labute approximate surface area is 74.4 Å². The van der Waals surface area contributed by atoms with Crippen LogP contribution in [0.25, 0.3) is 0 Å². The SMILES string of the molecule is C=C\C(=C/N=C\N=C\C)C(C)C. The molecule has 0 atom stereocenters. The molecule has 0 aliphatic rings. The minimum absolute atomic E-state index is 0.463. The van der Waals surface area contributed by atoms with Crippen LogP contribution in [0, 0.1) is 5.92 Å². The largest absolute Gasteiger partial charge is 0.250 e. The molecule has 0 N–H and O–H groups in total. The van der Waals surface area contributed by atoms with E-state index >= 15 is 0 Å². The fourth-order valence-corrected chi connectivity index (χ4v) is 0.662. The Balaban J connectivity index is 4.20. The summed E-state index contributed by atoms with van der Waals surface area (Å²) in [5, 5.41) is 0. The summed E-state index contributed by atoms with van der Waals surface area (Å²) in [6.45, 7) is 9.76. The lowest BCUT2D eigenvalue weighted by atomic mass is 10.1. The topological polar surface area (TPSA) is 24.7 Å². The van der Waals surface area contributed by atoms with Crippen molar-refractivity contribution in [2.45, 2.75) is 20.8 Å². The van der Waals surface area contributed by atoms with Crippen molar-refractivity contribution in [3.63, 3.8) is 0 Å². The Hall–Kier alpha value is -1.18. The summed E-state index contributed by atoms with van der Waals surface area (Å²) in [4.78, 5) is 7.84. The highest BCUT2D eigenvalue weighted by Crippen LogP contribution is 2.09. The molecule has 66 valence electrons. The highest BCUT2D eigenvalue weighted by molar-refractivity contribution is 5.70. The van der Waals surface area contributed by atoms with Crippen LogP contribution < -0.4 is 0 Å². The molecule has 2 nitrogen and oxygen atoms in total. The van der Waals surface area contributed by atoms with Crippen LogP contribution in [0.1, 0.15) is 20.8 Å². The van der Waals surface area contributed by atoms with Gasteiger partial charge in [0, 0.05) is 12.4 Å². The maximum atomic E-state index is 4.00. The van der Waals surface area contributed by atoms with E-state index in [1.807, 2.05) is 13.0 Å². The molecular formula is C10H16N2. The first-order valence-corrected chi connectivity index (χ1v) is 4.04. The van der Waals surface area contributed by atoms with Gasteiger partial charge in [0.1, 0.15) is 6.34 Å². The molecule has 0 aromatic heterocycles. The predicted octanol–water partition coefficient (Wildman–Crippen LogP) is 2.83. The Morgan fingerprint density at radius 3 is 2.42 bits per heavy atom. The Morgan fingerprint density at radius 1 is 1.33 bits per heavy atom. The number of hydrogen-bond donors (Lipinski definition) is 0. The summed E-state index contributed by atoms with van der Waals surface area (Å²) in [7, 11) is 0. The van der Waals surface area contributed by atoms with Gasteiger partial charge in [-0.25, -0.2) is 9.98 Å². The molecule has 0 aromatic carbocycles. The molecule has 0 fully saturated rings. The van der Waals surface area contributed by atoms with Gasteiger partial charge < -0.3 is 0 Å². The molecule has 0 aliphatic heterocycles. The van der Waals surface area contributed by atoms with Crippen molar-refractivity contribution in [3.8, 4) is 0 Å². The maximum Gasteiger partial charge on any atom is 0.114 e. The molecule has 0 rings (SSSR count). The highest BCUT2D eigenvalue weighted by Gasteiger charge is 1.95. The van der Waals surface area contributed by atoms with Crippen LogP contribution in [-0.4, -0.2) is 12.6 Å². The minimum atomic E-state index is 0.463. The van der Waals surface area contributed by atoms with Gasteiger partial charge in [0.25, 0.3) is 0 Å². The van der Waals surface area contributed by atoms with Crippen molar-refractivity contribution in [2.24, 2.45) is 15.9 Å².